The third-order valence-corrected chi connectivity index (χ3v) is 11.6. The van der Waals surface area contributed by atoms with Gasteiger partial charge in [0.25, 0.3) is 0 Å². The Hall–Kier alpha value is -2.22. The van der Waals surface area contributed by atoms with Crippen LogP contribution in [0.1, 0.15) is 100 Å². The number of nitriles is 1. The minimum absolute atomic E-state index is 0.00735. The van der Waals surface area contributed by atoms with Gasteiger partial charge < -0.3 is 5.32 Å². The first-order chi connectivity index (χ1) is 17.1. The van der Waals surface area contributed by atoms with E-state index in [0.717, 1.165) is 50.5 Å². The summed E-state index contributed by atoms with van der Waals surface area (Å²) in [4.78, 5) is 38.5. The van der Waals surface area contributed by atoms with Crippen molar-refractivity contribution in [3.63, 3.8) is 0 Å². The first-order valence-corrected chi connectivity index (χ1v) is 14.2. The van der Waals surface area contributed by atoms with Crippen LogP contribution in [0.5, 0.6) is 0 Å². The summed E-state index contributed by atoms with van der Waals surface area (Å²) in [7, 11) is 0. The fraction of sp³-hybridized carbons (Fsp3) is 0.750. The van der Waals surface area contributed by atoms with Gasteiger partial charge in [0.1, 0.15) is 6.07 Å². The molecule has 3 saturated carbocycles. The lowest BCUT2D eigenvalue weighted by molar-refractivity contribution is -0.161. The third kappa shape index (κ3) is 4.05. The number of hydrogen-bond acceptors (Lipinski definition) is 4. The Morgan fingerprint density at radius 1 is 1.11 bits per heavy atom. The highest BCUT2D eigenvalue weighted by molar-refractivity contribution is 5.96. The largest absolute Gasteiger partial charge is 0.351 e. The maximum atomic E-state index is 14.4. The Balaban J connectivity index is 1.92. The number of rotatable bonds is 4. The van der Waals surface area contributed by atoms with E-state index in [9.17, 15) is 19.6 Å². The fourth-order valence-electron chi connectivity index (χ4n) is 9.61. The first kappa shape index (κ1) is 27.8. The van der Waals surface area contributed by atoms with Crippen molar-refractivity contribution in [2.24, 2.45) is 45.3 Å². The molecule has 0 heterocycles. The van der Waals surface area contributed by atoms with Crippen LogP contribution in [0.15, 0.2) is 23.3 Å². The Bertz CT molecular complexity index is 1110. The molecule has 1 N–H and O–H groups in total. The highest BCUT2D eigenvalue weighted by Gasteiger charge is 2.68. The van der Waals surface area contributed by atoms with Gasteiger partial charge in [0.15, 0.2) is 12.1 Å². The molecule has 0 aromatic carbocycles. The van der Waals surface area contributed by atoms with Gasteiger partial charge in [-0.2, -0.15) is 5.26 Å². The highest BCUT2D eigenvalue weighted by atomic mass is 16.1. The number of carbonyl (C=O) groups excluding carboxylic acids is 3. The van der Waals surface area contributed by atoms with Crippen molar-refractivity contribution < 1.29 is 14.4 Å². The van der Waals surface area contributed by atoms with Crippen LogP contribution in [-0.2, 0) is 14.4 Å². The monoisotopic (exact) mass is 506 g/mol. The molecule has 0 saturated heterocycles. The molecule has 3 fully saturated rings. The number of hydrogen-bond donors (Lipinski definition) is 1. The average Bonchev–Trinajstić information content (AvgIpc) is 2.79. The Kier molecular flexibility index (Phi) is 6.71. The van der Waals surface area contributed by atoms with Gasteiger partial charge in [-0.1, -0.05) is 60.1 Å². The summed E-state index contributed by atoms with van der Waals surface area (Å²) in [6, 6.07) is 2.08. The average molecular weight is 507 g/mol. The van der Waals surface area contributed by atoms with Gasteiger partial charge in [-0.25, -0.2) is 0 Å². The second kappa shape index (κ2) is 8.92. The molecule has 0 radical (unpaired) electrons. The lowest BCUT2D eigenvalue weighted by atomic mass is 9.36. The van der Waals surface area contributed by atoms with Crippen molar-refractivity contribution in [3.8, 4) is 6.07 Å². The molecule has 5 nitrogen and oxygen atoms in total. The molecule has 4 rings (SSSR count). The van der Waals surface area contributed by atoms with Crippen LogP contribution in [0.3, 0.4) is 0 Å². The second-order valence-corrected chi connectivity index (χ2v) is 14.5. The molecule has 0 bridgehead atoms. The maximum Gasteiger partial charge on any atom is 0.217 e. The summed E-state index contributed by atoms with van der Waals surface area (Å²) in [5.41, 5.74) is -0.0178. The summed E-state index contributed by atoms with van der Waals surface area (Å²) < 4.78 is 0. The zero-order valence-electron chi connectivity index (χ0n) is 24.2. The molecule has 1 amide bonds. The van der Waals surface area contributed by atoms with Crippen molar-refractivity contribution >= 4 is 18.0 Å². The number of ketones is 1. The quantitative estimate of drug-likeness (QED) is 0.274. The van der Waals surface area contributed by atoms with Gasteiger partial charge in [0.05, 0.1) is 5.57 Å². The van der Waals surface area contributed by atoms with Crippen LogP contribution >= 0.6 is 0 Å². The predicted molar refractivity (Wildman–Crippen MR) is 145 cm³/mol. The zero-order chi connectivity index (χ0) is 27.6. The smallest absolute Gasteiger partial charge is 0.217 e. The van der Waals surface area contributed by atoms with E-state index in [-0.39, 0.29) is 56.8 Å². The lowest BCUT2D eigenvalue weighted by Crippen LogP contribution is -2.69. The molecule has 4 aliphatic rings. The number of allylic oxidation sites excluding steroid dienone is 4. The van der Waals surface area contributed by atoms with Gasteiger partial charge in [-0.05, 0) is 85.0 Å². The van der Waals surface area contributed by atoms with Crippen LogP contribution in [0.25, 0.3) is 0 Å². The van der Waals surface area contributed by atoms with E-state index >= 15 is 0 Å². The highest BCUT2D eigenvalue weighted by Crippen LogP contribution is 2.72. The third-order valence-electron chi connectivity index (χ3n) is 11.6. The molecule has 0 aromatic rings. The Morgan fingerprint density at radius 2 is 1.76 bits per heavy atom. The fourth-order valence-corrected chi connectivity index (χ4v) is 9.61. The summed E-state index contributed by atoms with van der Waals surface area (Å²) in [6.07, 6.45) is 11.0. The minimum atomic E-state index is -0.547. The lowest BCUT2D eigenvalue weighted by Gasteiger charge is -2.68. The normalized spacial score (nSPS) is 43.0. The van der Waals surface area contributed by atoms with Crippen molar-refractivity contribution in [3.05, 3.63) is 23.3 Å². The molecule has 0 aliphatic heterocycles. The van der Waals surface area contributed by atoms with E-state index in [1.54, 1.807) is 6.92 Å². The van der Waals surface area contributed by atoms with Crippen molar-refractivity contribution in [1.82, 2.24) is 5.32 Å². The minimum Gasteiger partial charge on any atom is -0.351 e. The Morgan fingerprint density at radius 3 is 2.32 bits per heavy atom. The van der Waals surface area contributed by atoms with Gasteiger partial charge in [0.2, 0.25) is 5.91 Å². The Labute approximate surface area is 223 Å². The van der Waals surface area contributed by atoms with Gasteiger partial charge in [-0.3, -0.25) is 14.4 Å². The molecule has 4 aliphatic carbocycles. The topological polar surface area (TPSA) is 87.0 Å². The van der Waals surface area contributed by atoms with Crippen molar-refractivity contribution in [2.45, 2.75) is 106 Å². The van der Waals surface area contributed by atoms with Gasteiger partial charge in [0, 0.05) is 23.8 Å². The number of amides is 1. The second-order valence-electron chi connectivity index (χ2n) is 14.5. The van der Waals surface area contributed by atoms with Crippen LogP contribution in [0, 0.1) is 56.7 Å². The number of nitrogens with one attached hydrogen (secondary N) is 1. The van der Waals surface area contributed by atoms with Crippen LogP contribution in [0.2, 0.25) is 0 Å². The molecule has 0 aromatic heterocycles. The van der Waals surface area contributed by atoms with Crippen LogP contribution in [0.4, 0.5) is 0 Å². The predicted octanol–water partition coefficient (Wildman–Crippen LogP) is 6.34. The summed E-state index contributed by atoms with van der Waals surface area (Å²) in [5.74, 6) is 0.672. The van der Waals surface area contributed by atoms with Crippen molar-refractivity contribution in [2.75, 3.05) is 0 Å². The molecule has 37 heavy (non-hydrogen) atoms. The SMILES string of the molecule is CC(=O)N[C@]12CCC(C)(C)CC1C1C(=O)C=C3[C@@](C)(/C=C(/C#N)C=O)[C@H](C(C)C)CC[C@@]3(C)[C@]1(C)CC2. The van der Waals surface area contributed by atoms with Crippen LogP contribution < -0.4 is 5.32 Å². The number of aldehydes is 1. The molecule has 202 valence electrons. The number of fused-ring (bicyclic) bond motifs is 5. The van der Waals surface area contributed by atoms with E-state index in [1.165, 1.54) is 0 Å². The standard InChI is InChI=1S/C32H46N2O3/c1-20(2)23-9-10-30(7)26(29(23,6)16-22(18-33)19-35)15-25(37)27-24-17-28(4,5)11-13-32(24,34-21(3)36)14-12-31(27,30)8/h15-16,19-20,23-24,27H,9-14,17H2,1-8H3,(H,34,36)/b22-16-/t23-,24?,27?,29-,30+,31+,32-/m0/s1. The van der Waals surface area contributed by atoms with E-state index in [2.05, 4.69) is 59.9 Å². The maximum absolute atomic E-state index is 14.4. The van der Waals surface area contributed by atoms with Crippen molar-refractivity contribution in [1.29, 1.82) is 5.26 Å². The summed E-state index contributed by atoms with van der Waals surface area (Å²) >= 11 is 0. The summed E-state index contributed by atoms with van der Waals surface area (Å²) in [5, 5.41) is 13.0. The molecule has 5 heteroatoms. The first-order valence-electron chi connectivity index (χ1n) is 14.2. The molecule has 0 spiro atoms. The van der Waals surface area contributed by atoms with Gasteiger partial charge >= 0.3 is 0 Å². The summed E-state index contributed by atoms with van der Waals surface area (Å²) in [6.45, 7) is 17.4. The van der Waals surface area contributed by atoms with E-state index in [4.69, 9.17) is 0 Å². The van der Waals surface area contributed by atoms with E-state index < -0.39 is 5.41 Å². The van der Waals surface area contributed by atoms with Crippen LogP contribution in [-0.4, -0.2) is 23.5 Å². The van der Waals surface area contributed by atoms with E-state index in [0.29, 0.717) is 12.2 Å². The zero-order valence-corrected chi connectivity index (χ0v) is 24.2. The molecule has 2 unspecified atom stereocenters. The molecule has 7 atom stereocenters. The molecular formula is C32H46N2O3. The number of nitrogens with zero attached hydrogens (tertiary/aromatic N) is 1. The van der Waals surface area contributed by atoms with Gasteiger partial charge in [-0.15, -0.1) is 0 Å². The number of carbonyl (C=O) groups is 3. The van der Waals surface area contributed by atoms with E-state index in [1.807, 2.05) is 12.2 Å². The molecular weight excluding hydrogens is 460 g/mol.